The molecule has 2 amide bonds. The van der Waals surface area contributed by atoms with E-state index in [-0.39, 0.29) is 17.1 Å². The van der Waals surface area contributed by atoms with Gasteiger partial charge < -0.3 is 9.47 Å². The van der Waals surface area contributed by atoms with Crippen LogP contribution < -0.4 is 9.64 Å². The fourth-order valence-corrected chi connectivity index (χ4v) is 3.51. The van der Waals surface area contributed by atoms with E-state index in [9.17, 15) is 19.7 Å². The van der Waals surface area contributed by atoms with Gasteiger partial charge in [0.2, 0.25) is 11.8 Å². The molecular formula is C15H12N2O6. The van der Waals surface area contributed by atoms with E-state index in [4.69, 9.17) is 9.47 Å². The van der Waals surface area contributed by atoms with E-state index < -0.39 is 40.8 Å². The number of benzene rings is 1. The monoisotopic (exact) mass is 316 g/mol. The summed E-state index contributed by atoms with van der Waals surface area (Å²) in [5.41, 5.74) is -0.110. The molecule has 0 aromatic heterocycles. The molecule has 4 rings (SSSR count). The average Bonchev–Trinajstić information content (AvgIpc) is 3.21. The van der Waals surface area contributed by atoms with Crippen LogP contribution in [0.5, 0.6) is 5.75 Å². The molecule has 2 bridgehead atoms. The SMILES string of the molecule is COc1ccc([N+](=O)[O-])cc1N1C(=O)[C@@H]2[C@H](C1=O)[C@H]1C=C[C@H]2O1. The number of nitro benzene ring substituents is 1. The van der Waals surface area contributed by atoms with Crippen molar-refractivity contribution in [1.29, 1.82) is 0 Å². The maximum atomic E-state index is 12.7. The van der Waals surface area contributed by atoms with Crippen LogP contribution in [0.15, 0.2) is 30.4 Å². The van der Waals surface area contributed by atoms with Gasteiger partial charge >= 0.3 is 0 Å². The fraction of sp³-hybridized carbons (Fsp3) is 0.333. The van der Waals surface area contributed by atoms with Gasteiger partial charge in [0.25, 0.3) is 5.69 Å². The second kappa shape index (κ2) is 4.63. The standard InChI is InChI=1S/C15H12N2O6/c1-22-9-3-2-7(17(20)21)6-8(9)16-14(18)12-10-4-5-11(23-10)13(12)15(16)19/h2-6,10-13H,1H3/t10-,11-,12-,13+/m1/s1. The second-order valence-electron chi connectivity index (χ2n) is 5.63. The molecular weight excluding hydrogens is 304 g/mol. The molecule has 2 fully saturated rings. The van der Waals surface area contributed by atoms with E-state index in [2.05, 4.69) is 0 Å². The number of hydrogen-bond donors (Lipinski definition) is 0. The Morgan fingerprint density at radius 1 is 1.17 bits per heavy atom. The summed E-state index contributed by atoms with van der Waals surface area (Å²) in [6.45, 7) is 0. The van der Waals surface area contributed by atoms with E-state index in [0.717, 1.165) is 4.90 Å². The molecule has 23 heavy (non-hydrogen) atoms. The molecule has 0 N–H and O–H groups in total. The number of imide groups is 1. The summed E-state index contributed by atoms with van der Waals surface area (Å²) in [4.78, 5) is 36.8. The van der Waals surface area contributed by atoms with Crippen LogP contribution in [0.4, 0.5) is 11.4 Å². The van der Waals surface area contributed by atoms with E-state index in [1.54, 1.807) is 12.2 Å². The maximum absolute atomic E-state index is 12.7. The van der Waals surface area contributed by atoms with Gasteiger partial charge in [-0.3, -0.25) is 19.7 Å². The average molecular weight is 316 g/mol. The molecule has 4 atom stereocenters. The zero-order valence-corrected chi connectivity index (χ0v) is 12.0. The number of non-ortho nitro benzene ring substituents is 1. The van der Waals surface area contributed by atoms with Crippen LogP contribution in [0.1, 0.15) is 0 Å². The van der Waals surface area contributed by atoms with Crippen LogP contribution in [0.3, 0.4) is 0 Å². The van der Waals surface area contributed by atoms with Crippen LogP contribution in [-0.4, -0.2) is 36.1 Å². The van der Waals surface area contributed by atoms with E-state index >= 15 is 0 Å². The van der Waals surface area contributed by atoms with Crippen LogP contribution in [0, 0.1) is 22.0 Å². The Labute approximate surface area is 130 Å². The predicted molar refractivity (Wildman–Crippen MR) is 76.9 cm³/mol. The number of carbonyl (C=O) groups is 2. The van der Waals surface area contributed by atoms with Crippen molar-refractivity contribution >= 4 is 23.2 Å². The van der Waals surface area contributed by atoms with Crippen LogP contribution in [0.2, 0.25) is 0 Å². The highest BCUT2D eigenvalue weighted by molar-refractivity contribution is 6.23. The van der Waals surface area contributed by atoms with E-state index in [1.807, 2.05) is 0 Å². The van der Waals surface area contributed by atoms with Gasteiger partial charge in [-0.15, -0.1) is 0 Å². The number of fused-ring (bicyclic) bond motifs is 5. The largest absolute Gasteiger partial charge is 0.495 e. The lowest BCUT2D eigenvalue weighted by Gasteiger charge is -2.19. The van der Waals surface area contributed by atoms with Crippen molar-refractivity contribution in [2.24, 2.45) is 11.8 Å². The summed E-state index contributed by atoms with van der Waals surface area (Å²) >= 11 is 0. The smallest absolute Gasteiger partial charge is 0.271 e. The molecule has 118 valence electrons. The third-order valence-electron chi connectivity index (χ3n) is 4.52. The Morgan fingerprint density at radius 2 is 1.78 bits per heavy atom. The Hall–Kier alpha value is -2.74. The molecule has 0 unspecified atom stereocenters. The number of methoxy groups -OCH3 is 1. The number of nitrogens with zero attached hydrogens (tertiary/aromatic N) is 2. The van der Waals surface area contributed by atoms with Crippen molar-refractivity contribution in [3.63, 3.8) is 0 Å². The lowest BCUT2D eigenvalue weighted by Crippen LogP contribution is -2.34. The number of nitro groups is 1. The van der Waals surface area contributed by atoms with Crippen LogP contribution in [-0.2, 0) is 14.3 Å². The summed E-state index contributed by atoms with van der Waals surface area (Å²) in [5.74, 6) is -1.72. The predicted octanol–water partition coefficient (Wildman–Crippen LogP) is 1.05. The molecule has 0 radical (unpaired) electrons. The molecule has 2 saturated heterocycles. The summed E-state index contributed by atoms with van der Waals surface area (Å²) in [6.07, 6.45) is 2.75. The van der Waals surface area contributed by atoms with Gasteiger partial charge in [0, 0.05) is 12.1 Å². The maximum Gasteiger partial charge on any atom is 0.271 e. The summed E-state index contributed by atoms with van der Waals surface area (Å²) in [5, 5.41) is 11.0. The van der Waals surface area contributed by atoms with Crippen molar-refractivity contribution in [2.45, 2.75) is 12.2 Å². The Morgan fingerprint density at radius 3 is 2.30 bits per heavy atom. The topological polar surface area (TPSA) is 99.0 Å². The van der Waals surface area contributed by atoms with Crippen LogP contribution >= 0.6 is 0 Å². The molecule has 0 aliphatic carbocycles. The highest BCUT2D eigenvalue weighted by atomic mass is 16.6. The van der Waals surface area contributed by atoms with Crippen molar-refractivity contribution in [2.75, 3.05) is 12.0 Å². The number of hydrogen-bond acceptors (Lipinski definition) is 6. The quantitative estimate of drug-likeness (QED) is 0.358. The van der Waals surface area contributed by atoms with Gasteiger partial charge in [-0.1, -0.05) is 12.2 Å². The summed E-state index contributed by atoms with van der Waals surface area (Å²) in [6, 6.07) is 3.83. The van der Waals surface area contributed by atoms with Crippen molar-refractivity contribution in [3.05, 3.63) is 40.5 Å². The second-order valence-corrected chi connectivity index (χ2v) is 5.63. The number of amides is 2. The first kappa shape index (κ1) is 13.9. The first-order chi connectivity index (χ1) is 11.0. The Kier molecular flexibility index (Phi) is 2.79. The van der Waals surface area contributed by atoms with E-state index in [1.165, 1.54) is 25.3 Å². The van der Waals surface area contributed by atoms with Gasteiger partial charge in [0.15, 0.2) is 0 Å². The number of ether oxygens (including phenoxy) is 2. The molecule has 1 aromatic carbocycles. The first-order valence-corrected chi connectivity index (χ1v) is 7.07. The highest BCUT2D eigenvalue weighted by Gasteiger charge is 2.61. The highest BCUT2D eigenvalue weighted by Crippen LogP contribution is 2.48. The number of rotatable bonds is 3. The molecule has 0 saturated carbocycles. The van der Waals surface area contributed by atoms with E-state index in [0.29, 0.717) is 0 Å². The molecule has 3 aliphatic rings. The van der Waals surface area contributed by atoms with Gasteiger partial charge in [-0.25, -0.2) is 4.90 Å². The first-order valence-electron chi connectivity index (χ1n) is 7.07. The molecule has 0 spiro atoms. The molecule has 3 heterocycles. The minimum Gasteiger partial charge on any atom is -0.495 e. The van der Waals surface area contributed by atoms with Gasteiger partial charge in [0.1, 0.15) is 11.4 Å². The molecule has 8 nitrogen and oxygen atoms in total. The zero-order chi connectivity index (χ0) is 16.3. The van der Waals surface area contributed by atoms with Crippen LogP contribution in [0.25, 0.3) is 0 Å². The third-order valence-corrected chi connectivity index (χ3v) is 4.52. The Bertz CT molecular complexity index is 743. The lowest BCUT2D eigenvalue weighted by atomic mass is 9.85. The molecule has 8 heteroatoms. The fourth-order valence-electron chi connectivity index (χ4n) is 3.51. The Balaban J connectivity index is 1.80. The minimum absolute atomic E-state index is 0.102. The molecule has 1 aromatic rings. The van der Waals surface area contributed by atoms with Crippen molar-refractivity contribution < 1.29 is 24.0 Å². The summed E-state index contributed by atoms with van der Waals surface area (Å²) in [7, 11) is 1.38. The normalized spacial score (nSPS) is 30.9. The van der Waals surface area contributed by atoms with Gasteiger partial charge in [-0.05, 0) is 6.07 Å². The van der Waals surface area contributed by atoms with Gasteiger partial charge in [0.05, 0.1) is 36.1 Å². The molecule has 3 aliphatic heterocycles. The summed E-state index contributed by atoms with van der Waals surface area (Å²) < 4.78 is 10.7. The zero-order valence-electron chi connectivity index (χ0n) is 12.0. The van der Waals surface area contributed by atoms with Gasteiger partial charge in [-0.2, -0.15) is 0 Å². The van der Waals surface area contributed by atoms with Crippen molar-refractivity contribution in [3.8, 4) is 5.75 Å². The third kappa shape index (κ3) is 1.75. The minimum atomic E-state index is -0.580. The lowest BCUT2D eigenvalue weighted by molar-refractivity contribution is -0.384. The number of anilines is 1. The number of carbonyl (C=O) groups excluding carboxylic acids is 2. The van der Waals surface area contributed by atoms with Crippen molar-refractivity contribution in [1.82, 2.24) is 0 Å².